The van der Waals surface area contributed by atoms with E-state index in [9.17, 15) is 14.7 Å². The lowest BCUT2D eigenvalue weighted by Crippen LogP contribution is -2.40. The van der Waals surface area contributed by atoms with Crippen LogP contribution in [-0.4, -0.2) is 70.5 Å². The fraction of sp³-hybridized carbons (Fsp3) is 0.500. The minimum atomic E-state index is -0.326. The van der Waals surface area contributed by atoms with Crippen molar-refractivity contribution in [1.29, 1.82) is 0 Å². The number of thiazole rings is 1. The number of rotatable bonds is 4. The van der Waals surface area contributed by atoms with Crippen molar-refractivity contribution >= 4 is 46.1 Å². The van der Waals surface area contributed by atoms with E-state index in [1.807, 2.05) is 7.05 Å². The average Bonchev–Trinajstić information content (AvgIpc) is 3.38. The summed E-state index contributed by atoms with van der Waals surface area (Å²) in [4.78, 5) is 35.5. The maximum atomic E-state index is 13.0. The summed E-state index contributed by atoms with van der Waals surface area (Å²) in [5, 5.41) is 13.2. The van der Waals surface area contributed by atoms with Gasteiger partial charge in [0.15, 0.2) is 5.01 Å². The Hall–Kier alpha value is -1.52. The number of nitrogens with one attached hydrogen (secondary N) is 1. The summed E-state index contributed by atoms with van der Waals surface area (Å²) in [5.74, 6) is -0.377. The molecule has 1 saturated heterocycles. The molecule has 0 aliphatic carbocycles. The molecule has 2 unspecified atom stereocenters. The second-order valence-electron chi connectivity index (χ2n) is 7.18. The van der Waals surface area contributed by atoms with Crippen LogP contribution >= 0.6 is 34.3 Å². The normalized spacial score (nSPS) is 22.3. The van der Waals surface area contributed by atoms with Gasteiger partial charge in [-0.05, 0) is 32.0 Å². The maximum absolute atomic E-state index is 13.0. The van der Waals surface area contributed by atoms with Crippen molar-refractivity contribution in [3.05, 3.63) is 36.9 Å². The van der Waals surface area contributed by atoms with E-state index in [1.54, 1.807) is 17.0 Å². The fourth-order valence-corrected chi connectivity index (χ4v) is 5.64. The fourth-order valence-electron chi connectivity index (χ4n) is 3.68. The molecule has 0 saturated carbocycles. The number of hydrogen-bond acceptors (Lipinski definition) is 7. The summed E-state index contributed by atoms with van der Waals surface area (Å²) in [6, 6.07) is 2.83. The highest BCUT2D eigenvalue weighted by atomic mass is 35.5. The summed E-state index contributed by atoms with van der Waals surface area (Å²) in [6.45, 7) is 1.94. The van der Waals surface area contributed by atoms with Gasteiger partial charge in [-0.1, -0.05) is 11.6 Å². The molecule has 2 aromatic rings. The second kappa shape index (κ2) is 8.08. The van der Waals surface area contributed by atoms with Crippen LogP contribution in [0.3, 0.4) is 0 Å². The number of halogens is 1. The van der Waals surface area contributed by atoms with Crippen molar-refractivity contribution in [2.45, 2.75) is 31.5 Å². The lowest BCUT2D eigenvalue weighted by Gasteiger charge is -2.21. The van der Waals surface area contributed by atoms with Crippen LogP contribution in [0.1, 0.15) is 36.5 Å². The zero-order valence-corrected chi connectivity index (χ0v) is 17.7. The zero-order valence-electron chi connectivity index (χ0n) is 15.4. The Morgan fingerprint density at radius 2 is 2.21 bits per heavy atom. The molecule has 150 valence electrons. The van der Waals surface area contributed by atoms with Crippen molar-refractivity contribution in [3.63, 3.8) is 0 Å². The number of carbonyl (C=O) groups excluding carboxylic acids is 2. The minimum Gasteiger partial charge on any atom is -0.394 e. The van der Waals surface area contributed by atoms with Gasteiger partial charge in [-0.25, -0.2) is 4.98 Å². The molecule has 4 heterocycles. The molecule has 2 aliphatic heterocycles. The van der Waals surface area contributed by atoms with Crippen molar-refractivity contribution in [2.24, 2.45) is 0 Å². The molecule has 0 aromatic carbocycles. The Bertz CT molecular complexity index is 899. The summed E-state index contributed by atoms with van der Waals surface area (Å²) < 4.78 is 0.556. The standard InChI is InChI=1S/C18H21ClN4O3S2/c1-22-5-4-13-12(8-22)21-17(28-13)18(26)23-7-10(6-11(23)9-24)20-16(25)14-2-3-15(19)27-14/h2-3,10-11,24H,4-9H2,1H3,(H,20,25). The van der Waals surface area contributed by atoms with Crippen LogP contribution in [0.2, 0.25) is 4.34 Å². The third kappa shape index (κ3) is 3.95. The molecule has 0 spiro atoms. The lowest BCUT2D eigenvalue weighted by atomic mass is 10.2. The predicted molar refractivity (Wildman–Crippen MR) is 109 cm³/mol. The van der Waals surface area contributed by atoms with Gasteiger partial charge in [0, 0.05) is 30.6 Å². The number of aliphatic hydroxyl groups is 1. The van der Waals surface area contributed by atoms with E-state index in [0.717, 1.165) is 25.2 Å². The first-order valence-electron chi connectivity index (χ1n) is 9.09. The number of likely N-dealkylation sites (tertiary alicyclic amines) is 1. The lowest BCUT2D eigenvalue weighted by molar-refractivity contribution is 0.0673. The van der Waals surface area contributed by atoms with E-state index in [2.05, 4.69) is 15.2 Å². The predicted octanol–water partition coefficient (Wildman–Crippen LogP) is 1.85. The van der Waals surface area contributed by atoms with Crippen molar-refractivity contribution < 1.29 is 14.7 Å². The molecule has 0 bridgehead atoms. The Morgan fingerprint density at radius 1 is 1.39 bits per heavy atom. The Labute approximate surface area is 175 Å². The zero-order chi connectivity index (χ0) is 19.8. The van der Waals surface area contributed by atoms with E-state index in [1.165, 1.54) is 27.6 Å². The Balaban J connectivity index is 1.45. The topological polar surface area (TPSA) is 85.8 Å². The number of aromatic nitrogens is 1. The summed E-state index contributed by atoms with van der Waals surface area (Å²) in [5.41, 5.74) is 0.973. The number of nitrogens with zero attached hydrogens (tertiary/aromatic N) is 3. The molecule has 2 atom stereocenters. The summed E-state index contributed by atoms with van der Waals surface area (Å²) >= 11 is 8.56. The van der Waals surface area contributed by atoms with Gasteiger partial charge in [0.25, 0.3) is 11.8 Å². The van der Waals surface area contributed by atoms with Gasteiger partial charge in [0.05, 0.1) is 27.6 Å². The highest BCUT2D eigenvalue weighted by Gasteiger charge is 2.37. The first-order chi connectivity index (χ1) is 13.4. The number of hydrogen-bond donors (Lipinski definition) is 2. The molecule has 10 heteroatoms. The Morgan fingerprint density at radius 3 is 2.93 bits per heavy atom. The molecule has 28 heavy (non-hydrogen) atoms. The highest BCUT2D eigenvalue weighted by molar-refractivity contribution is 7.18. The summed E-state index contributed by atoms with van der Waals surface area (Å²) in [6.07, 6.45) is 1.42. The largest absolute Gasteiger partial charge is 0.394 e. The van der Waals surface area contributed by atoms with E-state index < -0.39 is 0 Å². The minimum absolute atomic E-state index is 0.142. The van der Waals surface area contributed by atoms with E-state index in [4.69, 9.17) is 11.6 Å². The van der Waals surface area contributed by atoms with Crippen molar-refractivity contribution in [2.75, 3.05) is 26.7 Å². The molecular formula is C18H21ClN4O3S2. The number of amides is 2. The third-order valence-corrected chi connectivity index (χ3v) is 7.50. The molecule has 2 N–H and O–H groups in total. The van der Waals surface area contributed by atoms with Gasteiger partial charge in [-0.15, -0.1) is 22.7 Å². The van der Waals surface area contributed by atoms with Gasteiger partial charge in [0.2, 0.25) is 0 Å². The number of aliphatic hydroxyl groups excluding tert-OH is 1. The van der Waals surface area contributed by atoms with E-state index >= 15 is 0 Å². The van der Waals surface area contributed by atoms with Crippen LogP contribution in [0, 0.1) is 0 Å². The van der Waals surface area contributed by atoms with Crippen LogP contribution in [-0.2, 0) is 13.0 Å². The number of fused-ring (bicyclic) bond motifs is 1. The van der Waals surface area contributed by atoms with Gasteiger partial charge in [0.1, 0.15) is 0 Å². The number of likely N-dealkylation sites (N-methyl/N-ethyl adjacent to an activating group) is 1. The van der Waals surface area contributed by atoms with Crippen molar-refractivity contribution in [3.8, 4) is 0 Å². The Kier molecular flexibility index (Phi) is 5.71. The maximum Gasteiger partial charge on any atom is 0.283 e. The number of carbonyl (C=O) groups is 2. The molecule has 7 nitrogen and oxygen atoms in total. The molecule has 2 aromatic heterocycles. The molecule has 2 amide bonds. The smallest absolute Gasteiger partial charge is 0.283 e. The van der Waals surface area contributed by atoms with Crippen LogP contribution in [0.25, 0.3) is 0 Å². The van der Waals surface area contributed by atoms with Crippen LogP contribution < -0.4 is 5.32 Å². The van der Waals surface area contributed by atoms with Crippen LogP contribution in [0.5, 0.6) is 0 Å². The highest BCUT2D eigenvalue weighted by Crippen LogP contribution is 2.28. The summed E-state index contributed by atoms with van der Waals surface area (Å²) in [7, 11) is 2.04. The van der Waals surface area contributed by atoms with Gasteiger partial charge >= 0.3 is 0 Å². The van der Waals surface area contributed by atoms with Crippen LogP contribution in [0.15, 0.2) is 12.1 Å². The van der Waals surface area contributed by atoms with E-state index in [0.29, 0.717) is 27.2 Å². The average molecular weight is 441 g/mol. The van der Waals surface area contributed by atoms with Crippen LogP contribution in [0.4, 0.5) is 0 Å². The number of thiophene rings is 1. The SMILES string of the molecule is CN1CCc2sc(C(=O)N3CC(NC(=O)c4ccc(Cl)s4)CC3CO)nc2C1. The van der Waals surface area contributed by atoms with Crippen molar-refractivity contribution in [1.82, 2.24) is 20.1 Å². The molecule has 1 fully saturated rings. The molecule has 4 rings (SSSR count). The molecule has 0 radical (unpaired) electrons. The second-order valence-corrected chi connectivity index (χ2v) is 9.98. The molecule has 2 aliphatic rings. The van der Waals surface area contributed by atoms with Gasteiger partial charge in [-0.3, -0.25) is 9.59 Å². The first-order valence-corrected chi connectivity index (χ1v) is 11.1. The van der Waals surface area contributed by atoms with Gasteiger partial charge < -0.3 is 20.2 Å². The quantitative estimate of drug-likeness (QED) is 0.757. The first kappa shape index (κ1) is 19.8. The van der Waals surface area contributed by atoms with Gasteiger partial charge in [-0.2, -0.15) is 0 Å². The molecular weight excluding hydrogens is 420 g/mol. The third-order valence-electron chi connectivity index (χ3n) is 5.12. The monoisotopic (exact) mass is 440 g/mol. The van der Waals surface area contributed by atoms with E-state index in [-0.39, 0.29) is 30.5 Å².